The Labute approximate surface area is 155 Å². The molecule has 0 amide bonds. The third-order valence-corrected chi connectivity index (χ3v) is 4.17. The Balaban J connectivity index is 1.71. The molecule has 0 saturated heterocycles. The number of halogens is 1. The lowest BCUT2D eigenvalue weighted by atomic mass is 10.2. The van der Waals surface area contributed by atoms with E-state index >= 15 is 0 Å². The van der Waals surface area contributed by atoms with Gasteiger partial charge in [-0.15, -0.1) is 0 Å². The van der Waals surface area contributed by atoms with E-state index in [4.69, 9.17) is 4.84 Å². The number of aryl methyl sites for hydroxylation is 1. The topological polar surface area (TPSA) is 69.7 Å². The molecule has 0 radical (unpaired) electrons. The summed E-state index contributed by atoms with van der Waals surface area (Å²) in [5.41, 5.74) is 4.35. The van der Waals surface area contributed by atoms with Crippen molar-refractivity contribution < 1.29 is 14.2 Å². The molecule has 1 heterocycles. The van der Waals surface area contributed by atoms with E-state index in [1.54, 1.807) is 30.5 Å². The average molecular weight is 367 g/mol. The first-order valence-electron chi connectivity index (χ1n) is 8.29. The van der Waals surface area contributed by atoms with Gasteiger partial charge in [0.1, 0.15) is 12.4 Å². The van der Waals surface area contributed by atoms with Gasteiger partial charge in [0.15, 0.2) is 0 Å². The summed E-state index contributed by atoms with van der Waals surface area (Å²) >= 11 is 0. The fraction of sp³-hybridized carbons (Fsp3) is 0.150. The Morgan fingerprint density at radius 1 is 1.19 bits per heavy atom. The third-order valence-electron chi connectivity index (χ3n) is 4.17. The second-order valence-electron chi connectivity index (χ2n) is 6.07. The zero-order chi connectivity index (χ0) is 19.4. The molecule has 0 spiro atoms. The number of nitrogens with zero attached hydrogens (tertiary/aromatic N) is 3. The highest BCUT2D eigenvalue weighted by molar-refractivity contribution is 5.81. The summed E-state index contributed by atoms with van der Waals surface area (Å²) in [6.45, 7) is 4.03. The van der Waals surface area contributed by atoms with Crippen molar-refractivity contribution in [2.45, 2.75) is 20.5 Å². The lowest BCUT2D eigenvalue weighted by Gasteiger charge is -2.09. The molecule has 27 heavy (non-hydrogen) atoms. The Bertz CT molecular complexity index is 994. The molecule has 0 aliphatic carbocycles. The van der Waals surface area contributed by atoms with E-state index in [2.05, 4.69) is 5.16 Å². The Morgan fingerprint density at radius 2 is 1.93 bits per heavy atom. The molecule has 0 saturated carbocycles. The molecule has 0 N–H and O–H groups in total. The van der Waals surface area contributed by atoms with Crippen LogP contribution in [-0.2, 0) is 11.4 Å². The van der Waals surface area contributed by atoms with Gasteiger partial charge in [-0.3, -0.25) is 10.1 Å². The number of nitro benzene ring substituents is 1. The largest absolute Gasteiger partial charge is 0.391 e. The number of oxime groups is 1. The van der Waals surface area contributed by atoms with Gasteiger partial charge in [-0.25, -0.2) is 4.39 Å². The number of hydrogen-bond acceptors (Lipinski definition) is 4. The van der Waals surface area contributed by atoms with Crippen LogP contribution < -0.4 is 0 Å². The second kappa shape index (κ2) is 7.82. The van der Waals surface area contributed by atoms with Crippen LogP contribution in [0.5, 0.6) is 0 Å². The molecule has 6 nitrogen and oxygen atoms in total. The number of rotatable bonds is 6. The summed E-state index contributed by atoms with van der Waals surface area (Å²) in [5, 5.41) is 14.8. The van der Waals surface area contributed by atoms with E-state index in [-0.39, 0.29) is 18.1 Å². The number of hydrogen-bond donors (Lipinski definition) is 0. The maximum absolute atomic E-state index is 13.1. The van der Waals surface area contributed by atoms with Gasteiger partial charge in [0.2, 0.25) is 0 Å². The van der Waals surface area contributed by atoms with E-state index in [1.165, 1.54) is 24.3 Å². The molecule has 0 aliphatic rings. The van der Waals surface area contributed by atoms with Crippen LogP contribution in [0.3, 0.4) is 0 Å². The van der Waals surface area contributed by atoms with Crippen LogP contribution in [0.2, 0.25) is 0 Å². The Hall–Kier alpha value is -3.48. The molecule has 3 rings (SSSR count). The first-order valence-corrected chi connectivity index (χ1v) is 8.29. The minimum absolute atomic E-state index is 0.0166. The summed E-state index contributed by atoms with van der Waals surface area (Å²) in [5.74, 6) is -0.280. The molecule has 0 unspecified atom stereocenters. The van der Waals surface area contributed by atoms with E-state index in [9.17, 15) is 14.5 Å². The quantitative estimate of drug-likeness (QED) is 0.360. The second-order valence-corrected chi connectivity index (χ2v) is 6.07. The summed E-state index contributed by atoms with van der Waals surface area (Å²) < 4.78 is 15.1. The van der Waals surface area contributed by atoms with Crippen molar-refractivity contribution in [3.05, 3.63) is 93.0 Å². The number of non-ortho nitro benzene ring substituents is 1. The molecule has 138 valence electrons. The van der Waals surface area contributed by atoms with Gasteiger partial charge in [0.05, 0.1) is 11.1 Å². The van der Waals surface area contributed by atoms with Crippen molar-refractivity contribution in [2.75, 3.05) is 0 Å². The molecule has 0 atom stereocenters. The smallest absolute Gasteiger partial charge is 0.269 e. The van der Waals surface area contributed by atoms with E-state index in [1.807, 2.05) is 24.5 Å². The van der Waals surface area contributed by atoms with Crippen molar-refractivity contribution >= 4 is 11.9 Å². The van der Waals surface area contributed by atoms with Gasteiger partial charge >= 0.3 is 0 Å². The fourth-order valence-corrected chi connectivity index (χ4v) is 2.87. The summed E-state index contributed by atoms with van der Waals surface area (Å²) in [6, 6.07) is 14.5. The fourth-order valence-electron chi connectivity index (χ4n) is 2.87. The van der Waals surface area contributed by atoms with Gasteiger partial charge in [0.25, 0.3) is 5.69 Å². The predicted octanol–water partition coefficient (Wildman–Crippen LogP) is 4.69. The summed E-state index contributed by atoms with van der Waals surface area (Å²) in [6.07, 6.45) is 1.60. The van der Waals surface area contributed by atoms with Crippen LogP contribution in [0, 0.1) is 29.8 Å². The lowest BCUT2D eigenvalue weighted by Crippen LogP contribution is -1.99. The first-order chi connectivity index (χ1) is 13.0. The zero-order valence-corrected chi connectivity index (χ0v) is 14.9. The summed E-state index contributed by atoms with van der Waals surface area (Å²) in [7, 11) is 0. The van der Waals surface area contributed by atoms with Gasteiger partial charge in [-0.05, 0) is 49.7 Å². The molecular formula is C20H18FN3O3. The van der Waals surface area contributed by atoms with Crippen molar-refractivity contribution in [2.24, 2.45) is 5.16 Å². The van der Waals surface area contributed by atoms with Crippen molar-refractivity contribution in [1.82, 2.24) is 4.57 Å². The minimum Gasteiger partial charge on any atom is -0.391 e. The van der Waals surface area contributed by atoms with Crippen LogP contribution >= 0.6 is 0 Å². The lowest BCUT2D eigenvalue weighted by molar-refractivity contribution is -0.384. The van der Waals surface area contributed by atoms with Crippen LogP contribution in [0.15, 0.2) is 59.8 Å². The average Bonchev–Trinajstić information content (AvgIpc) is 2.93. The van der Waals surface area contributed by atoms with E-state index in [0.717, 1.165) is 22.6 Å². The minimum atomic E-state index is -0.447. The maximum Gasteiger partial charge on any atom is 0.269 e. The molecule has 0 bridgehead atoms. The highest BCUT2D eigenvalue weighted by atomic mass is 19.1. The molecule has 1 aromatic heterocycles. The SMILES string of the molecule is Cc1cc(/C=N\OCc2cccc([N+](=O)[O-])c2)c(C)n1-c1ccc(F)cc1. The molecule has 0 fully saturated rings. The van der Waals surface area contributed by atoms with E-state index < -0.39 is 4.92 Å². The monoisotopic (exact) mass is 367 g/mol. The number of benzene rings is 2. The zero-order valence-electron chi connectivity index (χ0n) is 14.9. The Morgan fingerprint density at radius 3 is 2.63 bits per heavy atom. The molecular weight excluding hydrogens is 349 g/mol. The standard InChI is InChI=1S/C20H18FN3O3/c1-14-10-17(15(2)23(14)19-8-6-18(21)7-9-19)12-22-27-13-16-4-3-5-20(11-16)24(25)26/h3-12H,13H2,1-2H3/b22-12-. The molecule has 2 aromatic carbocycles. The van der Waals surface area contributed by atoms with Crippen LogP contribution in [0.1, 0.15) is 22.5 Å². The maximum atomic E-state index is 13.1. The van der Waals surface area contributed by atoms with Crippen LogP contribution in [0.25, 0.3) is 5.69 Å². The highest BCUT2D eigenvalue weighted by Gasteiger charge is 2.10. The van der Waals surface area contributed by atoms with Crippen molar-refractivity contribution in [3.63, 3.8) is 0 Å². The predicted molar refractivity (Wildman–Crippen MR) is 101 cm³/mol. The third kappa shape index (κ3) is 4.20. The highest BCUT2D eigenvalue weighted by Crippen LogP contribution is 2.20. The Kier molecular flexibility index (Phi) is 5.30. The first kappa shape index (κ1) is 18.3. The summed E-state index contributed by atoms with van der Waals surface area (Å²) in [4.78, 5) is 15.6. The van der Waals surface area contributed by atoms with E-state index in [0.29, 0.717) is 5.56 Å². The number of nitro groups is 1. The molecule has 3 aromatic rings. The van der Waals surface area contributed by atoms with Gasteiger partial charge in [0, 0.05) is 34.8 Å². The van der Waals surface area contributed by atoms with Gasteiger partial charge in [-0.2, -0.15) is 0 Å². The van der Waals surface area contributed by atoms with Crippen molar-refractivity contribution in [3.8, 4) is 5.69 Å². The molecule has 0 aliphatic heterocycles. The van der Waals surface area contributed by atoms with Gasteiger partial charge < -0.3 is 9.40 Å². The van der Waals surface area contributed by atoms with Crippen LogP contribution in [0.4, 0.5) is 10.1 Å². The van der Waals surface area contributed by atoms with Gasteiger partial charge in [-0.1, -0.05) is 17.3 Å². The van der Waals surface area contributed by atoms with Crippen molar-refractivity contribution in [1.29, 1.82) is 0 Å². The normalized spacial score (nSPS) is 11.1. The van der Waals surface area contributed by atoms with Crippen LogP contribution in [-0.4, -0.2) is 15.7 Å². The molecule has 7 heteroatoms. The number of aromatic nitrogens is 1.